The smallest absolute Gasteiger partial charge is 0.748 e. The van der Waals surface area contributed by atoms with Crippen LogP contribution in [0.15, 0.2) is 0 Å². The fraction of sp³-hybridized carbons (Fsp3) is 1.00. The van der Waals surface area contributed by atoms with E-state index in [1.54, 1.807) is 0 Å². The minimum absolute atomic E-state index is 0. The summed E-state index contributed by atoms with van der Waals surface area (Å²) in [6.45, 7) is 0. The Morgan fingerprint density at radius 1 is 0.593 bits per heavy atom. The molecule has 0 radical (unpaired) electrons. The Morgan fingerprint density at radius 3 is 1.19 bits per heavy atom. The molecule has 0 saturated carbocycles. The second-order valence-electron chi connectivity index (χ2n) is 6.59. The summed E-state index contributed by atoms with van der Waals surface area (Å²) < 4.78 is 62.7. The van der Waals surface area contributed by atoms with Crippen molar-refractivity contribution >= 4 is 20.2 Å². The van der Waals surface area contributed by atoms with E-state index in [4.69, 9.17) is 5.11 Å². The molecule has 0 fully saturated rings. The summed E-state index contributed by atoms with van der Waals surface area (Å²) in [5.41, 5.74) is -1.77. The molecular formula is C16H32Na2O7S2. The van der Waals surface area contributed by atoms with Crippen molar-refractivity contribution < 1.29 is 90.2 Å². The predicted molar refractivity (Wildman–Crippen MR) is 94.9 cm³/mol. The van der Waals surface area contributed by atoms with Crippen molar-refractivity contribution in [1.82, 2.24) is 0 Å². The van der Waals surface area contributed by atoms with E-state index in [1.807, 2.05) is 0 Å². The minimum atomic E-state index is -4.56. The van der Waals surface area contributed by atoms with Crippen LogP contribution in [-0.2, 0) is 20.2 Å². The van der Waals surface area contributed by atoms with Gasteiger partial charge in [-0.25, -0.2) is 16.8 Å². The van der Waals surface area contributed by atoms with Crippen LogP contribution in [0.5, 0.6) is 0 Å². The second-order valence-corrected chi connectivity index (χ2v) is 9.65. The van der Waals surface area contributed by atoms with Gasteiger partial charge in [0.2, 0.25) is 0 Å². The van der Waals surface area contributed by atoms with Crippen LogP contribution in [0.4, 0.5) is 0 Å². The molecule has 0 bridgehead atoms. The third-order valence-corrected chi connectivity index (χ3v) is 5.87. The van der Waals surface area contributed by atoms with Gasteiger partial charge in [0.15, 0.2) is 0 Å². The Balaban J connectivity index is -0.00000288. The Bertz CT molecular complexity index is 525. The van der Waals surface area contributed by atoms with Gasteiger partial charge in [-0.1, -0.05) is 70.6 Å². The van der Waals surface area contributed by atoms with E-state index in [-0.39, 0.29) is 71.3 Å². The summed E-state index contributed by atoms with van der Waals surface area (Å²) in [7, 11) is -8.62. The van der Waals surface area contributed by atoms with Gasteiger partial charge in [-0.15, -0.1) is 0 Å². The van der Waals surface area contributed by atoms with Gasteiger partial charge >= 0.3 is 59.1 Å². The molecule has 0 amide bonds. The molecule has 0 aliphatic carbocycles. The molecule has 27 heavy (non-hydrogen) atoms. The van der Waals surface area contributed by atoms with Gasteiger partial charge in [0.05, 0.1) is 10.1 Å². The summed E-state index contributed by atoms with van der Waals surface area (Å²) in [4.78, 5) is 0. The fourth-order valence-electron chi connectivity index (χ4n) is 2.69. The zero-order valence-electron chi connectivity index (χ0n) is 16.9. The number of hydrogen-bond acceptors (Lipinski definition) is 7. The van der Waals surface area contributed by atoms with Gasteiger partial charge in [0, 0.05) is 5.75 Å². The average molecular weight is 447 g/mol. The summed E-state index contributed by atoms with van der Waals surface area (Å²) in [5.74, 6) is -0.251. The van der Waals surface area contributed by atoms with Crippen LogP contribution < -0.4 is 59.1 Å². The van der Waals surface area contributed by atoms with Gasteiger partial charge in [-0.05, 0) is 19.3 Å². The molecule has 1 unspecified atom stereocenters. The number of aliphatic hydroxyl groups excluding tert-OH is 1. The first-order valence-electron chi connectivity index (χ1n) is 9.19. The molecule has 0 aromatic carbocycles. The summed E-state index contributed by atoms with van der Waals surface area (Å²) in [6.07, 6.45) is 12.5. The van der Waals surface area contributed by atoms with Gasteiger partial charge in [0.1, 0.15) is 15.6 Å². The Morgan fingerprint density at radius 2 is 0.889 bits per heavy atom. The van der Waals surface area contributed by atoms with E-state index in [9.17, 15) is 25.9 Å². The monoisotopic (exact) mass is 446 g/mol. The number of unbranched alkanes of at least 4 members (excludes halogenated alkanes) is 12. The zero-order valence-corrected chi connectivity index (χ0v) is 22.5. The first-order chi connectivity index (χ1) is 11.6. The van der Waals surface area contributed by atoms with E-state index in [0.717, 1.165) is 64.2 Å². The standard InChI is InChI=1S/C16H34O7S2.2Na/c17-16(25(21,22)23)14-12-10-8-6-4-2-1-3-5-7-9-11-13-15-24(18,19)20;;/h16-17H,1-15H2,(H,18,19,20)(H,21,22,23);;/q;2*+1/p-2. The number of rotatable bonds is 17. The van der Waals surface area contributed by atoms with Crippen LogP contribution in [0.3, 0.4) is 0 Å². The second kappa shape index (κ2) is 19.7. The Hall–Kier alpha value is 1.78. The van der Waals surface area contributed by atoms with E-state index < -0.39 is 25.7 Å². The van der Waals surface area contributed by atoms with Crippen molar-refractivity contribution in [3.63, 3.8) is 0 Å². The molecule has 0 spiro atoms. The SMILES string of the molecule is O=S(=O)([O-])CCCCCCCCCCCCCCCC(O)S(=O)(=O)[O-].[Na+].[Na+]. The largest absolute Gasteiger partial charge is 1.00 e. The summed E-state index contributed by atoms with van der Waals surface area (Å²) in [5, 5.41) is 9.07. The first-order valence-corrected chi connectivity index (χ1v) is 12.2. The van der Waals surface area contributed by atoms with E-state index >= 15 is 0 Å². The molecule has 1 atom stereocenters. The zero-order chi connectivity index (χ0) is 19.2. The van der Waals surface area contributed by atoms with E-state index in [2.05, 4.69) is 0 Å². The van der Waals surface area contributed by atoms with Crippen LogP contribution in [0, 0.1) is 0 Å². The summed E-state index contributed by atoms with van der Waals surface area (Å²) in [6, 6.07) is 0. The van der Waals surface area contributed by atoms with Crippen molar-refractivity contribution in [3.8, 4) is 0 Å². The van der Waals surface area contributed by atoms with Crippen molar-refractivity contribution in [1.29, 1.82) is 0 Å². The maximum absolute atomic E-state index is 10.5. The van der Waals surface area contributed by atoms with Gasteiger partial charge < -0.3 is 14.2 Å². The predicted octanol–water partition coefficient (Wildman–Crippen LogP) is -3.14. The molecular weight excluding hydrogens is 414 g/mol. The molecule has 0 aliphatic heterocycles. The molecule has 11 heteroatoms. The van der Waals surface area contributed by atoms with Crippen LogP contribution >= 0.6 is 0 Å². The quantitative estimate of drug-likeness (QED) is 0.142. The molecule has 0 aromatic heterocycles. The average Bonchev–Trinajstić information content (AvgIpc) is 2.48. The van der Waals surface area contributed by atoms with Crippen LogP contribution in [-0.4, -0.2) is 42.2 Å². The van der Waals surface area contributed by atoms with E-state index in [0.29, 0.717) is 12.8 Å². The van der Waals surface area contributed by atoms with Gasteiger partial charge in [-0.2, -0.15) is 0 Å². The molecule has 0 rings (SSSR count). The van der Waals surface area contributed by atoms with Gasteiger partial charge in [0.25, 0.3) is 0 Å². The van der Waals surface area contributed by atoms with Crippen LogP contribution in [0.1, 0.15) is 89.9 Å². The third kappa shape index (κ3) is 25.7. The maximum Gasteiger partial charge on any atom is 1.00 e. The minimum Gasteiger partial charge on any atom is -0.748 e. The fourth-order valence-corrected chi connectivity index (χ4v) is 3.70. The topological polar surface area (TPSA) is 135 Å². The molecule has 152 valence electrons. The molecule has 0 aromatic rings. The van der Waals surface area contributed by atoms with Crippen molar-refractivity contribution in [2.24, 2.45) is 0 Å². The number of aliphatic hydroxyl groups is 1. The molecule has 1 N–H and O–H groups in total. The third-order valence-electron chi connectivity index (χ3n) is 4.18. The molecule has 7 nitrogen and oxygen atoms in total. The Labute approximate surface area is 209 Å². The molecule has 0 heterocycles. The van der Waals surface area contributed by atoms with Crippen molar-refractivity contribution in [2.75, 3.05) is 5.75 Å². The Kier molecular flexibility index (Phi) is 24.4. The first kappa shape index (κ1) is 33.4. The van der Waals surface area contributed by atoms with E-state index in [1.165, 1.54) is 6.42 Å². The molecule has 0 aliphatic rings. The van der Waals surface area contributed by atoms with Crippen LogP contribution in [0.25, 0.3) is 0 Å². The molecule has 0 saturated heterocycles. The van der Waals surface area contributed by atoms with Crippen molar-refractivity contribution in [2.45, 2.75) is 95.3 Å². The summed E-state index contributed by atoms with van der Waals surface area (Å²) >= 11 is 0. The maximum atomic E-state index is 10.5. The van der Waals surface area contributed by atoms with Crippen LogP contribution in [0.2, 0.25) is 0 Å². The number of hydrogen-bond donors (Lipinski definition) is 1. The normalized spacial score (nSPS) is 12.9. The van der Waals surface area contributed by atoms with Gasteiger partial charge in [-0.3, -0.25) is 0 Å². The van der Waals surface area contributed by atoms with Crippen molar-refractivity contribution in [3.05, 3.63) is 0 Å².